The molecule has 1 aromatic carbocycles. The first-order valence-corrected chi connectivity index (χ1v) is 7.27. The molecular weight excluding hydrogens is 304 g/mol. The summed E-state index contributed by atoms with van der Waals surface area (Å²) in [7, 11) is 0. The maximum atomic E-state index is 11.9. The third-order valence-corrected chi connectivity index (χ3v) is 3.82. The molecule has 3 N–H and O–H groups in total. The first-order chi connectivity index (χ1) is 10.6. The third kappa shape index (κ3) is 2.94. The van der Waals surface area contributed by atoms with Gasteiger partial charge in [-0.1, -0.05) is 6.07 Å². The molecule has 0 saturated carbocycles. The predicted molar refractivity (Wildman–Crippen MR) is 83.1 cm³/mol. The lowest BCUT2D eigenvalue weighted by Crippen LogP contribution is -2.14. The van der Waals surface area contributed by atoms with Crippen LogP contribution in [0.3, 0.4) is 0 Å². The van der Waals surface area contributed by atoms with Crippen LogP contribution in [0.25, 0.3) is 6.08 Å². The molecule has 0 unspecified atom stereocenters. The SMILES string of the molecule is NC(=O)c1ccsc1NC(=O)/C=C/c1ccc2c(c1)OCO2. The minimum absolute atomic E-state index is 0.206. The summed E-state index contributed by atoms with van der Waals surface area (Å²) in [6.45, 7) is 0.206. The van der Waals surface area contributed by atoms with Crippen molar-refractivity contribution in [2.45, 2.75) is 0 Å². The van der Waals surface area contributed by atoms with Gasteiger partial charge in [0, 0.05) is 6.08 Å². The van der Waals surface area contributed by atoms with Gasteiger partial charge in [0.2, 0.25) is 12.7 Å². The van der Waals surface area contributed by atoms with Gasteiger partial charge in [0.25, 0.3) is 5.91 Å². The number of fused-ring (bicyclic) bond motifs is 1. The van der Waals surface area contributed by atoms with E-state index in [9.17, 15) is 9.59 Å². The van der Waals surface area contributed by atoms with Gasteiger partial charge in [-0.25, -0.2) is 0 Å². The average Bonchev–Trinajstić information content (AvgIpc) is 3.13. The molecule has 3 rings (SSSR count). The highest BCUT2D eigenvalue weighted by Crippen LogP contribution is 2.32. The van der Waals surface area contributed by atoms with Crippen molar-refractivity contribution >= 4 is 34.2 Å². The molecule has 1 aliphatic heterocycles. The van der Waals surface area contributed by atoms with Crippen LogP contribution in [0.4, 0.5) is 5.00 Å². The van der Waals surface area contributed by atoms with E-state index in [1.807, 2.05) is 6.07 Å². The molecule has 22 heavy (non-hydrogen) atoms. The fourth-order valence-electron chi connectivity index (χ4n) is 1.94. The summed E-state index contributed by atoms with van der Waals surface area (Å²) in [5.74, 6) is 0.419. The van der Waals surface area contributed by atoms with E-state index in [2.05, 4.69) is 5.32 Å². The number of hydrogen-bond acceptors (Lipinski definition) is 5. The molecule has 0 atom stereocenters. The molecule has 0 radical (unpaired) electrons. The summed E-state index contributed by atoms with van der Waals surface area (Å²) < 4.78 is 10.5. The summed E-state index contributed by atoms with van der Waals surface area (Å²) in [5.41, 5.74) is 6.33. The largest absolute Gasteiger partial charge is 0.454 e. The molecule has 1 aliphatic rings. The van der Waals surface area contributed by atoms with Crippen molar-refractivity contribution in [1.29, 1.82) is 0 Å². The van der Waals surface area contributed by atoms with Crippen LogP contribution in [0, 0.1) is 0 Å². The lowest BCUT2D eigenvalue weighted by atomic mass is 10.2. The summed E-state index contributed by atoms with van der Waals surface area (Å²) >= 11 is 1.24. The molecule has 0 bridgehead atoms. The molecule has 112 valence electrons. The third-order valence-electron chi connectivity index (χ3n) is 2.99. The van der Waals surface area contributed by atoms with E-state index >= 15 is 0 Å². The Morgan fingerprint density at radius 2 is 2.05 bits per heavy atom. The maximum absolute atomic E-state index is 11.9. The average molecular weight is 316 g/mol. The maximum Gasteiger partial charge on any atom is 0.251 e. The van der Waals surface area contributed by atoms with Crippen LogP contribution in [-0.4, -0.2) is 18.6 Å². The van der Waals surface area contributed by atoms with Gasteiger partial charge in [0.15, 0.2) is 11.5 Å². The van der Waals surface area contributed by atoms with Crippen LogP contribution >= 0.6 is 11.3 Å². The number of ether oxygens (including phenoxy) is 2. The number of carbonyl (C=O) groups is 2. The van der Waals surface area contributed by atoms with E-state index in [0.717, 1.165) is 5.56 Å². The second-order valence-electron chi connectivity index (χ2n) is 4.46. The van der Waals surface area contributed by atoms with Crippen molar-refractivity contribution in [1.82, 2.24) is 0 Å². The molecule has 1 aromatic heterocycles. The fourth-order valence-corrected chi connectivity index (χ4v) is 2.74. The molecule has 0 fully saturated rings. The summed E-state index contributed by atoms with van der Waals surface area (Å²) in [6, 6.07) is 6.96. The second-order valence-corrected chi connectivity index (χ2v) is 5.38. The zero-order valence-corrected chi connectivity index (χ0v) is 12.2. The van der Waals surface area contributed by atoms with Gasteiger partial charge in [0.05, 0.1) is 5.56 Å². The predicted octanol–water partition coefficient (Wildman–Crippen LogP) is 2.23. The molecule has 6 nitrogen and oxygen atoms in total. The summed E-state index contributed by atoms with van der Waals surface area (Å²) in [6.07, 6.45) is 3.02. The van der Waals surface area contributed by atoms with Crippen LogP contribution < -0.4 is 20.5 Å². The highest BCUT2D eigenvalue weighted by atomic mass is 32.1. The molecule has 7 heteroatoms. The molecule has 2 amide bonds. The Balaban J connectivity index is 1.69. The number of hydrogen-bond donors (Lipinski definition) is 2. The van der Waals surface area contributed by atoms with Crippen molar-refractivity contribution in [3.05, 3.63) is 46.8 Å². The number of benzene rings is 1. The van der Waals surface area contributed by atoms with Crippen LogP contribution in [0.5, 0.6) is 11.5 Å². The number of carbonyl (C=O) groups excluding carboxylic acids is 2. The number of anilines is 1. The Hall–Kier alpha value is -2.80. The van der Waals surface area contributed by atoms with Crippen molar-refractivity contribution in [3.8, 4) is 11.5 Å². The fraction of sp³-hybridized carbons (Fsp3) is 0.0667. The molecule has 2 aromatic rings. The number of nitrogens with two attached hydrogens (primary N) is 1. The van der Waals surface area contributed by atoms with Gasteiger partial charge >= 0.3 is 0 Å². The van der Waals surface area contributed by atoms with Gasteiger partial charge in [-0.15, -0.1) is 11.3 Å². The molecule has 0 saturated heterocycles. The van der Waals surface area contributed by atoms with E-state index in [-0.39, 0.29) is 12.7 Å². The van der Waals surface area contributed by atoms with Gasteiger partial charge < -0.3 is 20.5 Å². The monoisotopic (exact) mass is 316 g/mol. The quantitative estimate of drug-likeness (QED) is 0.846. The van der Waals surface area contributed by atoms with E-state index in [1.54, 1.807) is 29.7 Å². The van der Waals surface area contributed by atoms with Crippen LogP contribution in [0.2, 0.25) is 0 Å². The lowest BCUT2D eigenvalue weighted by molar-refractivity contribution is -0.111. The Bertz CT molecular complexity index is 767. The van der Waals surface area contributed by atoms with Crippen molar-refractivity contribution < 1.29 is 19.1 Å². The Labute approximate surface area is 130 Å². The van der Waals surface area contributed by atoms with Crippen LogP contribution in [-0.2, 0) is 4.79 Å². The number of thiophene rings is 1. The smallest absolute Gasteiger partial charge is 0.251 e. The molecule has 0 aliphatic carbocycles. The standard InChI is InChI=1S/C15H12N2O4S/c16-14(19)10-5-6-22-15(10)17-13(18)4-2-9-1-3-11-12(7-9)21-8-20-11/h1-7H,8H2,(H2,16,19)(H,17,18)/b4-2+. The summed E-state index contributed by atoms with van der Waals surface area (Å²) in [4.78, 5) is 23.1. The van der Waals surface area contributed by atoms with E-state index in [4.69, 9.17) is 15.2 Å². The van der Waals surface area contributed by atoms with E-state index in [1.165, 1.54) is 17.4 Å². The van der Waals surface area contributed by atoms with Gasteiger partial charge in [0.1, 0.15) is 5.00 Å². The minimum atomic E-state index is -0.573. The highest BCUT2D eigenvalue weighted by molar-refractivity contribution is 7.14. The molecular formula is C15H12N2O4S. The van der Waals surface area contributed by atoms with Crippen molar-refractivity contribution in [2.75, 3.05) is 12.1 Å². The second kappa shape index (κ2) is 5.90. The first kappa shape index (κ1) is 14.2. The highest BCUT2D eigenvalue weighted by Gasteiger charge is 2.13. The van der Waals surface area contributed by atoms with Gasteiger partial charge in [-0.05, 0) is 35.2 Å². The molecule has 2 heterocycles. The van der Waals surface area contributed by atoms with Crippen molar-refractivity contribution in [3.63, 3.8) is 0 Å². The zero-order valence-electron chi connectivity index (χ0n) is 11.4. The van der Waals surface area contributed by atoms with Crippen molar-refractivity contribution in [2.24, 2.45) is 5.73 Å². The number of nitrogens with one attached hydrogen (secondary N) is 1. The Kier molecular flexibility index (Phi) is 3.80. The number of primary amides is 1. The number of rotatable bonds is 4. The zero-order chi connectivity index (χ0) is 15.5. The normalized spacial score (nSPS) is 12.5. The van der Waals surface area contributed by atoms with Crippen LogP contribution in [0.15, 0.2) is 35.7 Å². The summed E-state index contributed by atoms with van der Waals surface area (Å²) in [5, 5.41) is 4.76. The van der Waals surface area contributed by atoms with Gasteiger partial charge in [-0.3, -0.25) is 9.59 Å². The van der Waals surface area contributed by atoms with Crippen LogP contribution in [0.1, 0.15) is 15.9 Å². The molecule has 0 spiro atoms. The lowest BCUT2D eigenvalue weighted by Gasteiger charge is -2.01. The topological polar surface area (TPSA) is 90.7 Å². The number of amides is 2. The van der Waals surface area contributed by atoms with E-state index in [0.29, 0.717) is 22.1 Å². The minimum Gasteiger partial charge on any atom is -0.454 e. The Morgan fingerprint density at radius 1 is 1.23 bits per heavy atom. The van der Waals surface area contributed by atoms with Gasteiger partial charge in [-0.2, -0.15) is 0 Å². The first-order valence-electron chi connectivity index (χ1n) is 6.39. The Morgan fingerprint density at radius 3 is 2.86 bits per heavy atom. The van der Waals surface area contributed by atoms with E-state index < -0.39 is 5.91 Å².